The van der Waals surface area contributed by atoms with E-state index in [1.54, 1.807) is 0 Å². The van der Waals surface area contributed by atoms with E-state index in [4.69, 9.17) is 5.11 Å². The molecule has 0 fully saturated rings. The molecule has 16 heavy (non-hydrogen) atoms. The van der Waals surface area contributed by atoms with Crippen molar-refractivity contribution in [1.82, 2.24) is 19.7 Å². The lowest BCUT2D eigenvalue weighted by Crippen LogP contribution is -2.09. The van der Waals surface area contributed by atoms with Crippen LogP contribution in [0.3, 0.4) is 0 Å². The standard InChI is InChI=1S/C7H7N5O4/c13-2-1-11-5-4(6(10-11)12(15)16)7(14)9-3-8-5/h3,13H,1-2H2,(H,8,9,14). The summed E-state index contributed by atoms with van der Waals surface area (Å²) in [5.74, 6) is -0.558. The van der Waals surface area contributed by atoms with Crippen molar-refractivity contribution < 1.29 is 10.0 Å². The average molecular weight is 225 g/mol. The second kappa shape index (κ2) is 3.70. The van der Waals surface area contributed by atoms with Crippen LogP contribution in [0.25, 0.3) is 11.0 Å². The summed E-state index contributed by atoms with van der Waals surface area (Å²) in [6.07, 6.45) is 1.13. The fraction of sp³-hybridized carbons (Fsp3) is 0.286. The number of nitrogens with zero attached hydrogens (tertiary/aromatic N) is 4. The first-order chi connectivity index (χ1) is 7.65. The molecule has 0 aromatic carbocycles. The molecule has 0 bridgehead atoms. The van der Waals surface area contributed by atoms with Crippen LogP contribution in [0.1, 0.15) is 0 Å². The van der Waals surface area contributed by atoms with Gasteiger partial charge in [0, 0.05) is 0 Å². The third-order valence-electron chi connectivity index (χ3n) is 2.00. The van der Waals surface area contributed by atoms with Gasteiger partial charge < -0.3 is 20.2 Å². The Morgan fingerprint density at radius 3 is 3.00 bits per heavy atom. The molecule has 2 rings (SSSR count). The van der Waals surface area contributed by atoms with Gasteiger partial charge in [-0.15, -0.1) is 0 Å². The van der Waals surface area contributed by atoms with Crippen LogP contribution in [0.15, 0.2) is 11.1 Å². The zero-order valence-corrected chi connectivity index (χ0v) is 7.95. The van der Waals surface area contributed by atoms with Crippen molar-refractivity contribution in [1.29, 1.82) is 0 Å². The summed E-state index contributed by atoms with van der Waals surface area (Å²) in [5.41, 5.74) is -0.537. The number of nitro groups is 1. The maximum absolute atomic E-state index is 11.4. The molecule has 0 saturated heterocycles. The SMILES string of the molecule is O=c1[nH]cnc2c1c([N+](=O)[O-])nn2CCO. The van der Waals surface area contributed by atoms with E-state index in [1.165, 1.54) is 0 Å². The minimum atomic E-state index is -0.757. The van der Waals surface area contributed by atoms with Crippen LogP contribution in [-0.4, -0.2) is 36.4 Å². The number of nitrogens with one attached hydrogen (secondary N) is 1. The fourth-order valence-corrected chi connectivity index (χ4v) is 1.38. The number of aliphatic hydroxyl groups excluding tert-OH is 1. The Morgan fingerprint density at radius 1 is 1.62 bits per heavy atom. The molecule has 0 aliphatic rings. The van der Waals surface area contributed by atoms with Gasteiger partial charge in [0.2, 0.25) is 0 Å². The van der Waals surface area contributed by atoms with E-state index >= 15 is 0 Å². The summed E-state index contributed by atoms with van der Waals surface area (Å²) in [6.45, 7) is -0.205. The van der Waals surface area contributed by atoms with Gasteiger partial charge in [0.1, 0.15) is 0 Å². The van der Waals surface area contributed by atoms with Gasteiger partial charge in [0.15, 0.2) is 11.0 Å². The highest BCUT2D eigenvalue weighted by molar-refractivity contribution is 5.82. The van der Waals surface area contributed by atoms with Crippen molar-refractivity contribution in [2.75, 3.05) is 6.61 Å². The Balaban J connectivity index is 2.82. The predicted molar refractivity (Wildman–Crippen MR) is 51.9 cm³/mol. The van der Waals surface area contributed by atoms with Crippen molar-refractivity contribution in [3.05, 3.63) is 26.8 Å². The van der Waals surface area contributed by atoms with Gasteiger partial charge in [-0.1, -0.05) is 0 Å². The van der Waals surface area contributed by atoms with Crippen LogP contribution in [-0.2, 0) is 6.54 Å². The monoisotopic (exact) mass is 225 g/mol. The lowest BCUT2D eigenvalue weighted by atomic mass is 10.4. The molecule has 0 amide bonds. The molecular weight excluding hydrogens is 218 g/mol. The fourth-order valence-electron chi connectivity index (χ4n) is 1.38. The van der Waals surface area contributed by atoms with E-state index in [-0.39, 0.29) is 24.2 Å². The molecule has 0 atom stereocenters. The summed E-state index contributed by atoms with van der Waals surface area (Å²) in [5, 5.41) is 22.9. The molecule has 0 spiro atoms. The van der Waals surface area contributed by atoms with Gasteiger partial charge in [0.25, 0.3) is 5.56 Å². The quantitative estimate of drug-likeness (QED) is 0.510. The van der Waals surface area contributed by atoms with Gasteiger partial charge in [0.05, 0.1) is 24.6 Å². The molecule has 2 aromatic heterocycles. The van der Waals surface area contributed by atoms with Crippen LogP contribution in [0.4, 0.5) is 5.82 Å². The van der Waals surface area contributed by atoms with Crippen LogP contribution >= 0.6 is 0 Å². The van der Waals surface area contributed by atoms with Crippen LogP contribution < -0.4 is 5.56 Å². The molecule has 2 heterocycles. The number of hydrogen-bond donors (Lipinski definition) is 2. The summed E-state index contributed by atoms with van der Waals surface area (Å²) >= 11 is 0. The Hall–Kier alpha value is -2.29. The Kier molecular flexibility index (Phi) is 2.37. The summed E-state index contributed by atoms with van der Waals surface area (Å²) < 4.78 is 1.13. The predicted octanol–water partition coefficient (Wildman–Crippen LogP) is -0.980. The number of aromatic nitrogens is 4. The van der Waals surface area contributed by atoms with Crippen molar-refractivity contribution in [3.63, 3.8) is 0 Å². The maximum Gasteiger partial charge on any atom is 0.405 e. The molecule has 2 aromatic rings. The molecule has 2 N–H and O–H groups in total. The third-order valence-corrected chi connectivity index (χ3v) is 2.00. The lowest BCUT2D eigenvalue weighted by Gasteiger charge is -1.91. The molecule has 0 radical (unpaired) electrons. The smallest absolute Gasteiger partial charge is 0.394 e. The first kappa shape index (κ1) is 10.2. The molecule has 84 valence electrons. The first-order valence-electron chi connectivity index (χ1n) is 4.34. The van der Waals surface area contributed by atoms with Crippen LogP contribution in [0.2, 0.25) is 0 Å². The van der Waals surface area contributed by atoms with E-state index < -0.39 is 16.3 Å². The molecule has 9 nitrogen and oxygen atoms in total. The average Bonchev–Trinajstić information content (AvgIpc) is 2.60. The van der Waals surface area contributed by atoms with Gasteiger partial charge in [-0.2, -0.15) is 4.68 Å². The molecule has 9 heteroatoms. The zero-order chi connectivity index (χ0) is 11.7. The third kappa shape index (κ3) is 1.42. The molecular formula is C7H7N5O4. The van der Waals surface area contributed by atoms with Crippen molar-refractivity contribution >= 4 is 16.9 Å². The van der Waals surface area contributed by atoms with Crippen LogP contribution in [0.5, 0.6) is 0 Å². The topological polar surface area (TPSA) is 127 Å². The van der Waals surface area contributed by atoms with Crippen molar-refractivity contribution in [3.8, 4) is 0 Å². The highest BCUT2D eigenvalue weighted by atomic mass is 16.6. The van der Waals surface area contributed by atoms with E-state index in [9.17, 15) is 14.9 Å². The van der Waals surface area contributed by atoms with Gasteiger partial charge in [-0.3, -0.25) is 4.79 Å². The Labute approximate surface area is 87.5 Å². The lowest BCUT2D eigenvalue weighted by molar-refractivity contribution is -0.388. The van der Waals surface area contributed by atoms with Gasteiger partial charge in [-0.05, 0) is 4.92 Å². The second-order valence-corrected chi connectivity index (χ2v) is 2.96. The van der Waals surface area contributed by atoms with Crippen LogP contribution in [0, 0.1) is 10.1 Å². The minimum absolute atomic E-state index is 0.0425. The number of rotatable bonds is 3. The molecule has 0 saturated carbocycles. The minimum Gasteiger partial charge on any atom is -0.394 e. The first-order valence-corrected chi connectivity index (χ1v) is 4.34. The summed E-state index contributed by atoms with van der Waals surface area (Å²) in [4.78, 5) is 27.4. The molecule has 0 aliphatic heterocycles. The number of aliphatic hydroxyl groups is 1. The van der Waals surface area contributed by atoms with E-state index in [2.05, 4.69) is 15.1 Å². The van der Waals surface area contributed by atoms with Gasteiger partial charge >= 0.3 is 5.82 Å². The largest absolute Gasteiger partial charge is 0.405 e. The van der Waals surface area contributed by atoms with Crippen molar-refractivity contribution in [2.45, 2.75) is 6.54 Å². The van der Waals surface area contributed by atoms with E-state index in [1.807, 2.05) is 0 Å². The zero-order valence-electron chi connectivity index (χ0n) is 7.95. The maximum atomic E-state index is 11.4. The van der Waals surface area contributed by atoms with E-state index in [0.29, 0.717) is 0 Å². The highest BCUT2D eigenvalue weighted by Crippen LogP contribution is 2.18. The molecule has 0 aliphatic carbocycles. The number of fused-ring (bicyclic) bond motifs is 1. The number of hydrogen-bond acceptors (Lipinski definition) is 6. The number of H-pyrrole nitrogens is 1. The van der Waals surface area contributed by atoms with Gasteiger partial charge in [-0.25, -0.2) is 4.98 Å². The molecule has 0 unspecified atom stereocenters. The Bertz CT molecular complexity index is 600. The van der Waals surface area contributed by atoms with E-state index in [0.717, 1.165) is 11.0 Å². The summed E-state index contributed by atoms with van der Waals surface area (Å²) in [7, 11) is 0. The second-order valence-electron chi connectivity index (χ2n) is 2.96. The summed E-state index contributed by atoms with van der Waals surface area (Å²) in [6, 6.07) is 0. The Morgan fingerprint density at radius 2 is 2.38 bits per heavy atom. The normalized spacial score (nSPS) is 10.8. The highest BCUT2D eigenvalue weighted by Gasteiger charge is 2.24. The van der Waals surface area contributed by atoms with Crippen molar-refractivity contribution in [2.24, 2.45) is 0 Å². The number of aromatic amines is 1.